The third-order valence-corrected chi connectivity index (χ3v) is 2.79. The number of hydrogen-bond acceptors (Lipinski definition) is 4. The zero-order valence-electron chi connectivity index (χ0n) is 10.2. The molecule has 1 aromatic heterocycles. The molecule has 1 heterocycles. The summed E-state index contributed by atoms with van der Waals surface area (Å²) in [5, 5.41) is 3.11. The number of anilines is 1. The summed E-state index contributed by atoms with van der Waals surface area (Å²) < 4.78 is 12.8. The maximum Gasteiger partial charge on any atom is 0.156 e. The van der Waals surface area contributed by atoms with Crippen LogP contribution >= 0.6 is 11.6 Å². The Morgan fingerprint density at radius 3 is 2.63 bits per heavy atom. The molecule has 0 saturated carbocycles. The molecule has 1 aromatic carbocycles. The average Bonchev–Trinajstić information content (AvgIpc) is 2.37. The molecule has 0 saturated heterocycles. The second-order valence-electron chi connectivity index (χ2n) is 3.92. The predicted molar refractivity (Wildman–Crippen MR) is 70.9 cm³/mol. The number of benzene rings is 1. The first-order chi connectivity index (χ1) is 9.10. The normalized spacial score (nSPS) is 10.3. The van der Waals surface area contributed by atoms with E-state index in [0.717, 1.165) is 5.56 Å². The number of hydrogen-bond donors (Lipinski definition) is 1. The lowest BCUT2D eigenvalue weighted by molar-refractivity contribution is 0.112. The van der Waals surface area contributed by atoms with Crippen LogP contribution in [0.3, 0.4) is 0 Å². The largest absolute Gasteiger partial charge is 0.365 e. The van der Waals surface area contributed by atoms with Crippen molar-refractivity contribution in [3.05, 3.63) is 52.2 Å². The van der Waals surface area contributed by atoms with E-state index in [2.05, 4.69) is 15.3 Å². The van der Waals surface area contributed by atoms with Gasteiger partial charge >= 0.3 is 0 Å². The number of carbonyl (C=O) groups is 1. The van der Waals surface area contributed by atoms with Crippen molar-refractivity contribution in [2.45, 2.75) is 13.5 Å². The molecule has 6 heteroatoms. The molecule has 0 aliphatic carbocycles. The summed E-state index contributed by atoms with van der Waals surface area (Å²) >= 11 is 5.87. The van der Waals surface area contributed by atoms with E-state index in [0.29, 0.717) is 24.5 Å². The SMILES string of the molecule is Cc1nc(Cl)c(C=O)c(NCc2ccc(F)cc2)n1. The number of nitrogens with zero attached hydrogens (tertiary/aromatic N) is 2. The van der Waals surface area contributed by atoms with Crippen LogP contribution in [-0.2, 0) is 6.54 Å². The highest BCUT2D eigenvalue weighted by atomic mass is 35.5. The number of aryl methyl sites for hydroxylation is 1. The van der Waals surface area contributed by atoms with Crippen molar-refractivity contribution in [1.82, 2.24) is 9.97 Å². The van der Waals surface area contributed by atoms with E-state index in [1.54, 1.807) is 19.1 Å². The lowest BCUT2D eigenvalue weighted by Gasteiger charge is -2.09. The van der Waals surface area contributed by atoms with Crippen LogP contribution in [0.5, 0.6) is 0 Å². The van der Waals surface area contributed by atoms with Gasteiger partial charge in [0.1, 0.15) is 22.6 Å². The smallest absolute Gasteiger partial charge is 0.156 e. The van der Waals surface area contributed by atoms with Gasteiger partial charge in [0.2, 0.25) is 0 Å². The third-order valence-electron chi connectivity index (χ3n) is 2.50. The van der Waals surface area contributed by atoms with Crippen LogP contribution in [0, 0.1) is 12.7 Å². The van der Waals surface area contributed by atoms with Crippen molar-refractivity contribution < 1.29 is 9.18 Å². The first kappa shape index (κ1) is 13.4. The topological polar surface area (TPSA) is 54.9 Å². The monoisotopic (exact) mass is 279 g/mol. The number of carbonyl (C=O) groups excluding carboxylic acids is 1. The van der Waals surface area contributed by atoms with Crippen LogP contribution in [0.4, 0.5) is 10.2 Å². The Kier molecular flexibility index (Phi) is 4.06. The third kappa shape index (κ3) is 3.26. The van der Waals surface area contributed by atoms with Crippen LogP contribution in [0.1, 0.15) is 21.7 Å². The molecule has 0 aliphatic heterocycles. The summed E-state index contributed by atoms with van der Waals surface area (Å²) in [7, 11) is 0. The minimum atomic E-state index is -0.293. The standard InChI is InChI=1S/C13H11ClFN3O/c1-8-17-12(14)11(7-19)13(18-8)16-6-9-2-4-10(15)5-3-9/h2-5,7H,6H2,1H3,(H,16,17,18). The fraction of sp³-hybridized carbons (Fsp3) is 0.154. The number of halogens is 2. The van der Waals surface area contributed by atoms with Crippen LogP contribution < -0.4 is 5.32 Å². The van der Waals surface area contributed by atoms with Gasteiger partial charge in [-0.15, -0.1) is 0 Å². The van der Waals surface area contributed by atoms with Crippen molar-refractivity contribution in [2.24, 2.45) is 0 Å². The lowest BCUT2D eigenvalue weighted by Crippen LogP contribution is -2.07. The van der Waals surface area contributed by atoms with E-state index >= 15 is 0 Å². The molecule has 1 N–H and O–H groups in total. The highest BCUT2D eigenvalue weighted by molar-refractivity contribution is 6.32. The zero-order valence-corrected chi connectivity index (χ0v) is 10.9. The molecule has 0 aliphatic rings. The molecule has 0 fully saturated rings. The van der Waals surface area contributed by atoms with Gasteiger partial charge in [0.15, 0.2) is 6.29 Å². The van der Waals surface area contributed by atoms with Crippen molar-refractivity contribution in [3.63, 3.8) is 0 Å². The van der Waals surface area contributed by atoms with Crippen molar-refractivity contribution in [3.8, 4) is 0 Å². The Morgan fingerprint density at radius 2 is 2.00 bits per heavy atom. The zero-order chi connectivity index (χ0) is 13.8. The Bertz CT molecular complexity index is 602. The van der Waals surface area contributed by atoms with Crippen LogP contribution in [0.15, 0.2) is 24.3 Å². The number of aromatic nitrogens is 2. The van der Waals surface area contributed by atoms with E-state index in [4.69, 9.17) is 11.6 Å². The highest BCUT2D eigenvalue weighted by Crippen LogP contribution is 2.19. The van der Waals surface area contributed by atoms with Crippen molar-refractivity contribution in [2.75, 3.05) is 5.32 Å². The molecule has 0 atom stereocenters. The maximum atomic E-state index is 12.8. The summed E-state index contributed by atoms with van der Waals surface area (Å²) in [6.45, 7) is 2.09. The fourth-order valence-corrected chi connectivity index (χ4v) is 1.83. The molecule has 19 heavy (non-hydrogen) atoms. The fourth-order valence-electron chi connectivity index (χ4n) is 1.57. The summed E-state index contributed by atoms with van der Waals surface area (Å²) in [4.78, 5) is 19.0. The van der Waals surface area contributed by atoms with Crippen molar-refractivity contribution in [1.29, 1.82) is 0 Å². The van der Waals surface area contributed by atoms with Gasteiger partial charge in [0, 0.05) is 6.54 Å². The minimum absolute atomic E-state index is 0.115. The molecule has 0 unspecified atom stereocenters. The molecule has 0 bridgehead atoms. The van der Waals surface area contributed by atoms with Gasteiger partial charge < -0.3 is 5.32 Å². The van der Waals surface area contributed by atoms with Gasteiger partial charge in [-0.1, -0.05) is 23.7 Å². The summed E-state index contributed by atoms with van der Waals surface area (Å²) in [6.07, 6.45) is 0.606. The minimum Gasteiger partial charge on any atom is -0.365 e. The van der Waals surface area contributed by atoms with Crippen LogP contribution in [0.25, 0.3) is 0 Å². The lowest BCUT2D eigenvalue weighted by atomic mass is 10.2. The number of rotatable bonds is 4. The van der Waals surface area contributed by atoms with Gasteiger partial charge in [0.25, 0.3) is 0 Å². The molecule has 2 rings (SSSR count). The summed E-state index contributed by atoms with van der Waals surface area (Å²) in [6, 6.07) is 6.04. The molecule has 98 valence electrons. The van der Waals surface area contributed by atoms with Gasteiger partial charge in [-0.3, -0.25) is 4.79 Å². The first-order valence-electron chi connectivity index (χ1n) is 5.58. The predicted octanol–water partition coefficient (Wildman–Crippen LogP) is 3.00. The van der Waals surface area contributed by atoms with E-state index in [1.807, 2.05) is 0 Å². The van der Waals surface area contributed by atoms with Crippen LogP contribution in [-0.4, -0.2) is 16.3 Å². The van der Waals surface area contributed by atoms with Crippen LogP contribution in [0.2, 0.25) is 5.15 Å². The number of nitrogens with one attached hydrogen (secondary N) is 1. The highest BCUT2D eigenvalue weighted by Gasteiger charge is 2.10. The maximum absolute atomic E-state index is 12.8. The summed E-state index contributed by atoms with van der Waals surface area (Å²) in [5.74, 6) is 0.548. The molecular weight excluding hydrogens is 269 g/mol. The van der Waals surface area contributed by atoms with E-state index in [1.165, 1.54) is 12.1 Å². The first-order valence-corrected chi connectivity index (χ1v) is 5.95. The van der Waals surface area contributed by atoms with E-state index in [-0.39, 0.29) is 16.5 Å². The van der Waals surface area contributed by atoms with Gasteiger partial charge in [0.05, 0.1) is 5.56 Å². The molecule has 4 nitrogen and oxygen atoms in total. The van der Waals surface area contributed by atoms with Gasteiger partial charge in [-0.05, 0) is 24.6 Å². The Morgan fingerprint density at radius 1 is 1.32 bits per heavy atom. The number of aldehydes is 1. The van der Waals surface area contributed by atoms with Crippen molar-refractivity contribution >= 4 is 23.7 Å². The van der Waals surface area contributed by atoms with E-state index < -0.39 is 0 Å². The Balaban J connectivity index is 2.19. The molecule has 2 aromatic rings. The molecular formula is C13H11ClFN3O. The average molecular weight is 280 g/mol. The second kappa shape index (κ2) is 5.75. The molecule has 0 amide bonds. The second-order valence-corrected chi connectivity index (χ2v) is 4.28. The summed E-state index contributed by atoms with van der Waals surface area (Å²) in [5.41, 5.74) is 1.08. The molecule has 0 radical (unpaired) electrons. The Labute approximate surface area is 114 Å². The van der Waals surface area contributed by atoms with E-state index in [9.17, 15) is 9.18 Å². The van der Waals surface area contributed by atoms with Gasteiger partial charge in [-0.2, -0.15) is 0 Å². The Hall–Kier alpha value is -2.01. The quantitative estimate of drug-likeness (QED) is 0.690. The van der Waals surface area contributed by atoms with Gasteiger partial charge in [-0.25, -0.2) is 14.4 Å². The molecule has 0 spiro atoms.